The number of ether oxygens (including phenoxy) is 1. The van der Waals surface area contributed by atoms with Crippen LogP contribution in [0, 0.1) is 5.92 Å². The van der Waals surface area contributed by atoms with Crippen molar-refractivity contribution in [1.29, 1.82) is 0 Å². The Hall–Kier alpha value is -2.34. The Morgan fingerprint density at radius 1 is 1.16 bits per heavy atom. The van der Waals surface area contributed by atoms with Crippen molar-refractivity contribution in [3.05, 3.63) is 52.2 Å². The summed E-state index contributed by atoms with van der Waals surface area (Å²) in [7, 11) is 0. The van der Waals surface area contributed by atoms with E-state index in [1.807, 2.05) is 49.1 Å². The molecule has 0 bridgehead atoms. The highest BCUT2D eigenvalue weighted by molar-refractivity contribution is 7.10. The first-order valence-corrected chi connectivity index (χ1v) is 12.3. The number of rotatable bonds is 7. The molecule has 0 N–H and O–H groups in total. The van der Waals surface area contributed by atoms with E-state index >= 15 is 0 Å². The average molecular weight is 441 g/mol. The van der Waals surface area contributed by atoms with Gasteiger partial charge in [0, 0.05) is 23.4 Å². The maximum absolute atomic E-state index is 13.5. The lowest BCUT2D eigenvalue weighted by Gasteiger charge is -2.38. The molecule has 6 heteroatoms. The van der Waals surface area contributed by atoms with Crippen molar-refractivity contribution in [1.82, 2.24) is 9.80 Å². The van der Waals surface area contributed by atoms with Gasteiger partial charge in [-0.3, -0.25) is 9.59 Å². The highest BCUT2D eigenvalue weighted by atomic mass is 32.1. The highest BCUT2D eigenvalue weighted by Crippen LogP contribution is 2.34. The number of carbonyl (C=O) groups excluding carboxylic acids is 2. The van der Waals surface area contributed by atoms with E-state index in [1.54, 1.807) is 16.2 Å². The van der Waals surface area contributed by atoms with E-state index in [9.17, 15) is 9.59 Å². The molecule has 0 unspecified atom stereocenters. The molecule has 1 aliphatic heterocycles. The van der Waals surface area contributed by atoms with E-state index in [0.717, 1.165) is 37.9 Å². The van der Waals surface area contributed by atoms with E-state index in [2.05, 4.69) is 11.4 Å². The van der Waals surface area contributed by atoms with Gasteiger partial charge in [-0.2, -0.15) is 0 Å². The molecule has 1 aromatic heterocycles. The second-order valence-corrected chi connectivity index (χ2v) is 9.82. The molecule has 1 aliphatic carbocycles. The van der Waals surface area contributed by atoms with Crippen molar-refractivity contribution in [2.24, 2.45) is 5.92 Å². The lowest BCUT2D eigenvalue weighted by atomic mass is 10.00. The van der Waals surface area contributed by atoms with Gasteiger partial charge in [0.2, 0.25) is 11.8 Å². The molecule has 4 rings (SSSR count). The summed E-state index contributed by atoms with van der Waals surface area (Å²) in [4.78, 5) is 31.6. The van der Waals surface area contributed by atoms with Gasteiger partial charge in [0.25, 0.3) is 0 Å². The van der Waals surface area contributed by atoms with Gasteiger partial charge in [-0.1, -0.05) is 31.0 Å². The second-order valence-electron chi connectivity index (χ2n) is 8.82. The molecule has 0 radical (unpaired) electrons. The molecule has 2 aromatic rings. The number of nitrogens with zero attached hydrogens (tertiary/aromatic N) is 2. The van der Waals surface area contributed by atoms with Crippen molar-refractivity contribution in [3.8, 4) is 5.75 Å². The predicted octanol–water partition coefficient (Wildman–Crippen LogP) is 4.68. The van der Waals surface area contributed by atoms with Crippen molar-refractivity contribution in [2.45, 2.75) is 58.0 Å². The number of amides is 2. The Morgan fingerprint density at radius 2 is 1.90 bits per heavy atom. The monoisotopic (exact) mass is 440 g/mol. The summed E-state index contributed by atoms with van der Waals surface area (Å²) in [5.74, 6) is 1.04. The van der Waals surface area contributed by atoms with Crippen LogP contribution in [0.2, 0.25) is 0 Å². The molecule has 166 valence electrons. The van der Waals surface area contributed by atoms with Crippen LogP contribution >= 0.6 is 11.3 Å². The summed E-state index contributed by atoms with van der Waals surface area (Å²) in [5.41, 5.74) is 1.18. The Bertz CT molecular complexity index is 889. The molecule has 2 heterocycles. The highest BCUT2D eigenvalue weighted by Gasteiger charge is 2.35. The Balaban J connectivity index is 1.49. The fourth-order valence-corrected chi connectivity index (χ4v) is 5.65. The largest absolute Gasteiger partial charge is 0.491 e. The van der Waals surface area contributed by atoms with Gasteiger partial charge in [-0.05, 0) is 62.3 Å². The third kappa shape index (κ3) is 4.95. The molecule has 1 aromatic carbocycles. The van der Waals surface area contributed by atoms with Crippen LogP contribution in [0.25, 0.3) is 0 Å². The smallest absolute Gasteiger partial charge is 0.242 e. The van der Waals surface area contributed by atoms with Crippen LogP contribution in [0.1, 0.15) is 56.0 Å². The maximum atomic E-state index is 13.5. The lowest BCUT2D eigenvalue weighted by Crippen LogP contribution is -2.50. The standard InChI is InChI=1S/C25H32N2O3S/c1-18(2)27(25(29)19-8-6-7-9-19)16-24(28)26-14-12-23-21(13-15-31-23)22(26)17-30-20-10-4-3-5-11-20/h3-5,10-11,13,15,18-19,22H,6-9,12,14,16-17H2,1-2H3/t22-/m1/s1. The summed E-state index contributed by atoms with van der Waals surface area (Å²) in [6.45, 7) is 5.23. The van der Waals surface area contributed by atoms with Crippen molar-refractivity contribution in [3.63, 3.8) is 0 Å². The fraction of sp³-hybridized carbons (Fsp3) is 0.520. The molecule has 5 nitrogen and oxygen atoms in total. The van der Waals surface area contributed by atoms with Crippen LogP contribution in [0.15, 0.2) is 41.8 Å². The summed E-state index contributed by atoms with van der Waals surface area (Å²) in [6, 6.07) is 11.7. The summed E-state index contributed by atoms with van der Waals surface area (Å²) in [6.07, 6.45) is 4.99. The van der Waals surface area contributed by atoms with Crippen LogP contribution in [0.5, 0.6) is 5.75 Å². The van der Waals surface area contributed by atoms with Crippen LogP contribution in [-0.2, 0) is 16.0 Å². The second kappa shape index (κ2) is 9.86. The Kier molecular flexibility index (Phi) is 6.96. The minimum Gasteiger partial charge on any atom is -0.491 e. The predicted molar refractivity (Wildman–Crippen MR) is 123 cm³/mol. The van der Waals surface area contributed by atoms with Crippen molar-refractivity contribution in [2.75, 3.05) is 19.7 Å². The average Bonchev–Trinajstić information content (AvgIpc) is 3.47. The van der Waals surface area contributed by atoms with Gasteiger partial charge in [-0.15, -0.1) is 11.3 Å². The van der Waals surface area contributed by atoms with Crippen molar-refractivity contribution >= 4 is 23.2 Å². The van der Waals surface area contributed by atoms with Gasteiger partial charge < -0.3 is 14.5 Å². The van der Waals surface area contributed by atoms with E-state index in [1.165, 1.54) is 10.4 Å². The molecule has 1 fully saturated rings. The first kappa shape index (κ1) is 21.9. The quantitative estimate of drug-likeness (QED) is 0.628. The van der Waals surface area contributed by atoms with Gasteiger partial charge in [0.1, 0.15) is 18.9 Å². The van der Waals surface area contributed by atoms with Gasteiger partial charge in [0.05, 0.1) is 6.04 Å². The van der Waals surface area contributed by atoms with Gasteiger partial charge in [-0.25, -0.2) is 0 Å². The number of hydrogen-bond donors (Lipinski definition) is 0. The van der Waals surface area contributed by atoms with E-state index in [4.69, 9.17) is 4.74 Å². The zero-order valence-corrected chi connectivity index (χ0v) is 19.3. The molecule has 1 atom stereocenters. The third-order valence-electron chi connectivity index (χ3n) is 6.48. The number of fused-ring (bicyclic) bond motifs is 1. The summed E-state index contributed by atoms with van der Waals surface area (Å²) in [5, 5.41) is 2.10. The number of para-hydroxylation sites is 1. The Morgan fingerprint density at radius 3 is 2.61 bits per heavy atom. The molecule has 2 amide bonds. The number of benzene rings is 1. The normalized spacial score (nSPS) is 18.8. The van der Waals surface area contributed by atoms with Crippen molar-refractivity contribution < 1.29 is 14.3 Å². The first-order valence-electron chi connectivity index (χ1n) is 11.4. The molecule has 0 saturated heterocycles. The van der Waals surface area contributed by atoms with E-state index in [-0.39, 0.29) is 36.4 Å². The molecule has 31 heavy (non-hydrogen) atoms. The zero-order valence-electron chi connectivity index (χ0n) is 18.5. The summed E-state index contributed by atoms with van der Waals surface area (Å²) >= 11 is 1.75. The SMILES string of the molecule is CC(C)N(CC(=O)N1CCc2sccc2[C@H]1COc1ccccc1)C(=O)C1CCCC1. The maximum Gasteiger partial charge on any atom is 0.242 e. The molecule has 1 saturated carbocycles. The molecule has 0 spiro atoms. The Labute approximate surface area is 189 Å². The third-order valence-corrected chi connectivity index (χ3v) is 7.48. The number of carbonyl (C=O) groups is 2. The first-order chi connectivity index (χ1) is 15.0. The van der Waals surface area contributed by atoms with Gasteiger partial charge in [0.15, 0.2) is 0 Å². The molecular weight excluding hydrogens is 408 g/mol. The lowest BCUT2D eigenvalue weighted by molar-refractivity contribution is -0.146. The van der Waals surface area contributed by atoms with Crippen LogP contribution in [0.4, 0.5) is 0 Å². The number of thiophene rings is 1. The molecule has 2 aliphatic rings. The minimum atomic E-state index is -0.127. The fourth-order valence-electron chi connectivity index (χ4n) is 4.73. The zero-order chi connectivity index (χ0) is 21.8. The topological polar surface area (TPSA) is 49.9 Å². The van der Waals surface area contributed by atoms with Crippen LogP contribution in [-0.4, -0.2) is 47.4 Å². The van der Waals surface area contributed by atoms with Gasteiger partial charge >= 0.3 is 0 Å². The summed E-state index contributed by atoms with van der Waals surface area (Å²) < 4.78 is 6.06. The number of hydrogen-bond acceptors (Lipinski definition) is 4. The van der Waals surface area contributed by atoms with Crippen LogP contribution in [0.3, 0.4) is 0 Å². The van der Waals surface area contributed by atoms with E-state index < -0.39 is 0 Å². The van der Waals surface area contributed by atoms with E-state index in [0.29, 0.717) is 13.2 Å². The van der Waals surface area contributed by atoms with Crippen LogP contribution < -0.4 is 4.74 Å². The molecular formula is C25H32N2O3S. The minimum absolute atomic E-state index is 0.0116.